The quantitative estimate of drug-likeness (QED) is 0.642. The van der Waals surface area contributed by atoms with Gasteiger partial charge in [-0.25, -0.2) is 0 Å². The van der Waals surface area contributed by atoms with E-state index in [0.717, 1.165) is 25.1 Å². The molecule has 0 amide bonds. The Morgan fingerprint density at radius 2 is 1.62 bits per heavy atom. The highest BCUT2D eigenvalue weighted by Gasteiger charge is 2.14. The molecule has 0 N–H and O–H groups in total. The fourth-order valence-corrected chi connectivity index (χ4v) is 3.17. The highest BCUT2D eigenvalue weighted by atomic mass is 15.1. The van der Waals surface area contributed by atoms with E-state index in [4.69, 9.17) is 0 Å². The van der Waals surface area contributed by atoms with E-state index < -0.39 is 0 Å². The van der Waals surface area contributed by atoms with Crippen molar-refractivity contribution in [1.82, 2.24) is 4.90 Å². The monoisotopic (exact) mass is 314 g/mol. The van der Waals surface area contributed by atoms with Crippen LogP contribution in [0.5, 0.6) is 0 Å². The van der Waals surface area contributed by atoms with E-state index in [-0.39, 0.29) is 5.92 Å². The molecule has 0 saturated carbocycles. The lowest BCUT2D eigenvalue weighted by Gasteiger charge is -2.19. The van der Waals surface area contributed by atoms with Gasteiger partial charge in [0.2, 0.25) is 0 Å². The summed E-state index contributed by atoms with van der Waals surface area (Å²) in [5, 5.41) is 12.1. The van der Waals surface area contributed by atoms with E-state index in [2.05, 4.69) is 72.6 Å². The van der Waals surface area contributed by atoms with Crippen molar-refractivity contribution in [2.24, 2.45) is 0 Å². The van der Waals surface area contributed by atoms with Gasteiger partial charge in [0.15, 0.2) is 0 Å². The summed E-state index contributed by atoms with van der Waals surface area (Å²) in [7, 11) is 2.12. The Balaban J connectivity index is 1.69. The van der Waals surface area contributed by atoms with Crippen LogP contribution in [0.4, 0.5) is 0 Å². The molecule has 0 heterocycles. The molecule has 3 rings (SSSR count). The van der Waals surface area contributed by atoms with Crippen LogP contribution in [0.1, 0.15) is 23.5 Å². The lowest BCUT2D eigenvalue weighted by atomic mass is 9.92. The third kappa shape index (κ3) is 3.82. The van der Waals surface area contributed by atoms with Crippen LogP contribution in [0.25, 0.3) is 10.8 Å². The molecule has 3 aromatic carbocycles. The van der Waals surface area contributed by atoms with Crippen molar-refractivity contribution >= 4 is 10.8 Å². The third-order valence-electron chi connectivity index (χ3n) is 4.45. The second-order valence-corrected chi connectivity index (χ2v) is 6.26. The third-order valence-corrected chi connectivity index (χ3v) is 4.45. The van der Waals surface area contributed by atoms with Gasteiger partial charge in [0.1, 0.15) is 0 Å². The van der Waals surface area contributed by atoms with Crippen LogP contribution in [-0.4, -0.2) is 18.5 Å². The van der Waals surface area contributed by atoms with Gasteiger partial charge in [-0.1, -0.05) is 72.8 Å². The molecule has 0 aliphatic heterocycles. The number of nitrogens with zero attached hydrogens (tertiary/aromatic N) is 2. The minimum atomic E-state index is -0.0747. The molecule has 0 aromatic heterocycles. The van der Waals surface area contributed by atoms with Gasteiger partial charge in [0.05, 0.1) is 12.0 Å². The lowest BCUT2D eigenvalue weighted by Crippen LogP contribution is -2.20. The van der Waals surface area contributed by atoms with Gasteiger partial charge in [-0.15, -0.1) is 0 Å². The molecule has 2 nitrogen and oxygen atoms in total. The van der Waals surface area contributed by atoms with Gasteiger partial charge in [-0.3, -0.25) is 0 Å². The van der Waals surface area contributed by atoms with E-state index in [1.165, 1.54) is 16.3 Å². The molecule has 0 aliphatic carbocycles. The first kappa shape index (κ1) is 16.2. The largest absolute Gasteiger partial charge is 0.302 e. The van der Waals surface area contributed by atoms with Gasteiger partial charge in [-0.05, 0) is 41.9 Å². The number of rotatable bonds is 6. The Hall–Kier alpha value is -2.63. The van der Waals surface area contributed by atoms with Crippen LogP contribution in [-0.2, 0) is 6.54 Å². The van der Waals surface area contributed by atoms with Crippen molar-refractivity contribution in [2.75, 3.05) is 13.6 Å². The van der Waals surface area contributed by atoms with Crippen molar-refractivity contribution in [3.8, 4) is 6.07 Å². The molecule has 0 aliphatic rings. The molecule has 0 radical (unpaired) electrons. The van der Waals surface area contributed by atoms with E-state index in [9.17, 15) is 5.26 Å². The van der Waals surface area contributed by atoms with Crippen molar-refractivity contribution < 1.29 is 0 Å². The summed E-state index contributed by atoms with van der Waals surface area (Å²) < 4.78 is 0. The molecule has 1 unspecified atom stereocenters. The normalized spacial score (nSPS) is 12.2. The Bertz CT molecular complexity index is 828. The Morgan fingerprint density at radius 3 is 2.42 bits per heavy atom. The maximum Gasteiger partial charge on any atom is 0.0730 e. The molecule has 0 spiro atoms. The molecule has 0 fully saturated rings. The van der Waals surface area contributed by atoms with Crippen molar-refractivity contribution in [1.29, 1.82) is 5.26 Å². The molecule has 2 heteroatoms. The molecule has 3 aromatic rings. The van der Waals surface area contributed by atoms with Gasteiger partial charge < -0.3 is 4.90 Å². The number of nitriles is 1. The van der Waals surface area contributed by atoms with Crippen molar-refractivity contribution in [3.05, 3.63) is 83.9 Å². The first-order chi connectivity index (χ1) is 11.8. The molecule has 1 atom stereocenters. The molecular weight excluding hydrogens is 292 g/mol. The molecular formula is C22H22N2. The SMILES string of the molecule is CN(CCC(C#N)c1cccc2ccccc12)Cc1ccccc1. The summed E-state index contributed by atoms with van der Waals surface area (Å²) >= 11 is 0. The van der Waals surface area contributed by atoms with Crippen molar-refractivity contribution in [2.45, 2.75) is 18.9 Å². The molecule has 0 bridgehead atoms. The van der Waals surface area contributed by atoms with Gasteiger partial charge in [-0.2, -0.15) is 5.26 Å². The predicted molar refractivity (Wildman–Crippen MR) is 99.7 cm³/mol. The first-order valence-electron chi connectivity index (χ1n) is 8.37. The summed E-state index contributed by atoms with van der Waals surface area (Å²) in [6, 6.07) is 27.5. The summed E-state index contributed by atoms with van der Waals surface area (Å²) in [5.74, 6) is -0.0747. The fraction of sp³-hybridized carbons (Fsp3) is 0.227. The minimum absolute atomic E-state index is 0.0747. The van der Waals surface area contributed by atoms with Crippen LogP contribution < -0.4 is 0 Å². The topological polar surface area (TPSA) is 27.0 Å². The summed E-state index contributed by atoms with van der Waals surface area (Å²) in [6.07, 6.45) is 0.841. The smallest absolute Gasteiger partial charge is 0.0730 e. The maximum absolute atomic E-state index is 9.67. The molecule has 24 heavy (non-hydrogen) atoms. The van der Waals surface area contributed by atoms with E-state index in [0.29, 0.717) is 0 Å². The van der Waals surface area contributed by atoms with Crippen LogP contribution in [0.2, 0.25) is 0 Å². The zero-order chi connectivity index (χ0) is 16.8. The fourth-order valence-electron chi connectivity index (χ4n) is 3.17. The standard InChI is InChI=1S/C22H22N2/c1-24(17-18-8-3-2-4-9-18)15-14-20(16-23)22-13-7-11-19-10-5-6-12-21(19)22/h2-13,20H,14-15,17H2,1H3. The van der Waals surface area contributed by atoms with Crippen LogP contribution in [0.15, 0.2) is 72.8 Å². The first-order valence-corrected chi connectivity index (χ1v) is 8.37. The zero-order valence-corrected chi connectivity index (χ0v) is 14.0. The highest BCUT2D eigenvalue weighted by Crippen LogP contribution is 2.27. The van der Waals surface area contributed by atoms with Gasteiger partial charge in [0, 0.05) is 6.54 Å². The Kier molecular flexibility index (Phi) is 5.25. The van der Waals surface area contributed by atoms with E-state index >= 15 is 0 Å². The number of hydrogen-bond donors (Lipinski definition) is 0. The zero-order valence-electron chi connectivity index (χ0n) is 14.0. The molecule has 0 saturated heterocycles. The second-order valence-electron chi connectivity index (χ2n) is 6.26. The molecule has 120 valence electrons. The van der Waals surface area contributed by atoms with Crippen LogP contribution in [0.3, 0.4) is 0 Å². The van der Waals surface area contributed by atoms with Crippen LogP contribution >= 0.6 is 0 Å². The van der Waals surface area contributed by atoms with Gasteiger partial charge >= 0.3 is 0 Å². The second kappa shape index (κ2) is 7.77. The van der Waals surface area contributed by atoms with Crippen LogP contribution in [0, 0.1) is 11.3 Å². The van der Waals surface area contributed by atoms with Gasteiger partial charge in [0.25, 0.3) is 0 Å². The Labute approximate surface area is 144 Å². The average molecular weight is 314 g/mol. The lowest BCUT2D eigenvalue weighted by molar-refractivity contribution is 0.318. The number of fused-ring (bicyclic) bond motifs is 1. The average Bonchev–Trinajstić information content (AvgIpc) is 2.63. The number of hydrogen-bond acceptors (Lipinski definition) is 2. The predicted octanol–water partition coefficient (Wildman–Crippen LogP) is 4.97. The number of benzene rings is 3. The summed E-state index contributed by atoms with van der Waals surface area (Å²) in [4.78, 5) is 2.28. The van der Waals surface area contributed by atoms with E-state index in [1.807, 2.05) is 18.2 Å². The summed E-state index contributed by atoms with van der Waals surface area (Å²) in [6.45, 7) is 1.81. The van der Waals surface area contributed by atoms with Crippen molar-refractivity contribution in [3.63, 3.8) is 0 Å². The highest BCUT2D eigenvalue weighted by molar-refractivity contribution is 5.86. The Morgan fingerprint density at radius 1 is 0.917 bits per heavy atom. The minimum Gasteiger partial charge on any atom is -0.302 e. The maximum atomic E-state index is 9.67. The van der Waals surface area contributed by atoms with E-state index in [1.54, 1.807) is 0 Å². The summed E-state index contributed by atoms with van der Waals surface area (Å²) in [5.41, 5.74) is 2.45.